The smallest absolute Gasteiger partial charge is 0.337 e. The van der Waals surface area contributed by atoms with Crippen LogP contribution in [0.3, 0.4) is 0 Å². The molecule has 1 N–H and O–H groups in total. The predicted octanol–water partition coefficient (Wildman–Crippen LogP) is 1.59. The van der Waals surface area contributed by atoms with Crippen molar-refractivity contribution in [3.8, 4) is 0 Å². The first-order valence-corrected chi connectivity index (χ1v) is 8.08. The molecule has 2 rings (SSSR count). The van der Waals surface area contributed by atoms with E-state index < -0.39 is 16.0 Å². The molecule has 110 valence electrons. The van der Waals surface area contributed by atoms with Crippen molar-refractivity contribution < 1.29 is 18.3 Å². The Morgan fingerprint density at radius 1 is 1.45 bits per heavy atom. The van der Waals surface area contributed by atoms with E-state index in [1.54, 1.807) is 6.92 Å². The molecule has 1 aromatic heterocycles. The SMILES string of the molecule is CCN(CC1CCC1)S(=O)(=O)c1ccc(C(=O)O)cn1. The van der Waals surface area contributed by atoms with Crippen LogP contribution in [0.1, 0.15) is 36.5 Å². The molecule has 1 saturated carbocycles. The van der Waals surface area contributed by atoms with Crippen molar-refractivity contribution in [1.82, 2.24) is 9.29 Å². The second-order valence-electron chi connectivity index (χ2n) is 4.94. The van der Waals surface area contributed by atoms with Crippen LogP contribution in [0, 0.1) is 5.92 Å². The largest absolute Gasteiger partial charge is 0.478 e. The molecule has 6 nitrogen and oxygen atoms in total. The van der Waals surface area contributed by atoms with Gasteiger partial charge in [0.15, 0.2) is 5.03 Å². The fraction of sp³-hybridized carbons (Fsp3) is 0.538. The summed E-state index contributed by atoms with van der Waals surface area (Å²) < 4.78 is 26.3. The minimum Gasteiger partial charge on any atom is -0.478 e. The summed E-state index contributed by atoms with van der Waals surface area (Å²) in [6, 6.07) is 2.52. The van der Waals surface area contributed by atoms with E-state index in [1.807, 2.05) is 0 Å². The van der Waals surface area contributed by atoms with Crippen molar-refractivity contribution >= 4 is 16.0 Å². The standard InChI is InChI=1S/C13H18N2O4S/c1-2-15(9-10-4-3-5-10)20(18,19)12-7-6-11(8-14-12)13(16)17/h6-8,10H,2-5,9H2,1H3,(H,16,17). The van der Waals surface area contributed by atoms with Gasteiger partial charge in [0.25, 0.3) is 10.0 Å². The van der Waals surface area contributed by atoms with Crippen LogP contribution in [0.25, 0.3) is 0 Å². The summed E-state index contributed by atoms with van der Waals surface area (Å²) in [4.78, 5) is 14.5. The van der Waals surface area contributed by atoms with Crippen LogP contribution in [0.2, 0.25) is 0 Å². The maximum absolute atomic E-state index is 12.4. The molecule has 0 unspecified atom stereocenters. The number of aromatic carboxylic acids is 1. The van der Waals surface area contributed by atoms with Crippen LogP contribution in [0.4, 0.5) is 0 Å². The zero-order chi connectivity index (χ0) is 14.8. The molecule has 0 bridgehead atoms. The molecular formula is C13H18N2O4S. The summed E-state index contributed by atoms with van der Waals surface area (Å²) in [5, 5.41) is 8.70. The van der Waals surface area contributed by atoms with E-state index in [2.05, 4.69) is 4.98 Å². The topological polar surface area (TPSA) is 87.6 Å². The van der Waals surface area contributed by atoms with Gasteiger partial charge in [0.2, 0.25) is 0 Å². The van der Waals surface area contributed by atoms with Crippen molar-refractivity contribution in [1.29, 1.82) is 0 Å². The number of hydrogen-bond donors (Lipinski definition) is 1. The second-order valence-corrected chi connectivity index (χ2v) is 6.83. The van der Waals surface area contributed by atoms with Gasteiger partial charge < -0.3 is 5.11 Å². The molecule has 20 heavy (non-hydrogen) atoms. The van der Waals surface area contributed by atoms with Crippen LogP contribution in [0.15, 0.2) is 23.4 Å². The number of pyridine rings is 1. The lowest BCUT2D eigenvalue weighted by Crippen LogP contribution is -2.37. The Hall–Kier alpha value is -1.47. The molecule has 1 fully saturated rings. The number of hydrogen-bond acceptors (Lipinski definition) is 4. The van der Waals surface area contributed by atoms with Gasteiger partial charge in [-0.2, -0.15) is 4.31 Å². The molecule has 7 heteroatoms. The van der Waals surface area contributed by atoms with Crippen molar-refractivity contribution in [3.05, 3.63) is 23.9 Å². The normalized spacial score (nSPS) is 16.1. The lowest BCUT2D eigenvalue weighted by atomic mass is 9.85. The number of carboxylic acid groups (broad SMARTS) is 1. The molecule has 1 aliphatic rings. The molecule has 0 radical (unpaired) electrons. The van der Waals surface area contributed by atoms with E-state index in [0.717, 1.165) is 25.5 Å². The van der Waals surface area contributed by atoms with Gasteiger partial charge in [-0.15, -0.1) is 0 Å². The first-order chi connectivity index (χ1) is 9.45. The Labute approximate surface area is 118 Å². The van der Waals surface area contributed by atoms with Crippen LogP contribution in [-0.4, -0.2) is 41.9 Å². The highest BCUT2D eigenvalue weighted by Gasteiger charge is 2.29. The third-order valence-electron chi connectivity index (χ3n) is 3.63. The van der Waals surface area contributed by atoms with Crippen molar-refractivity contribution in [2.45, 2.75) is 31.2 Å². The third-order valence-corrected chi connectivity index (χ3v) is 5.48. The van der Waals surface area contributed by atoms with Crippen molar-refractivity contribution in [2.75, 3.05) is 13.1 Å². The summed E-state index contributed by atoms with van der Waals surface area (Å²) in [5.41, 5.74) is -0.0222. The number of sulfonamides is 1. The van der Waals surface area contributed by atoms with Gasteiger partial charge in [-0.1, -0.05) is 13.3 Å². The van der Waals surface area contributed by atoms with Gasteiger partial charge in [0, 0.05) is 19.3 Å². The fourth-order valence-electron chi connectivity index (χ4n) is 2.15. The molecule has 0 spiro atoms. The van der Waals surface area contributed by atoms with E-state index in [-0.39, 0.29) is 10.6 Å². The van der Waals surface area contributed by atoms with E-state index in [4.69, 9.17) is 5.11 Å². The zero-order valence-corrected chi connectivity index (χ0v) is 12.1. The lowest BCUT2D eigenvalue weighted by molar-refractivity contribution is 0.0696. The highest BCUT2D eigenvalue weighted by Crippen LogP contribution is 2.28. The summed E-state index contributed by atoms with van der Waals surface area (Å²) in [7, 11) is -3.64. The zero-order valence-electron chi connectivity index (χ0n) is 11.3. The Kier molecular flexibility index (Phi) is 4.39. The predicted molar refractivity (Wildman–Crippen MR) is 73.0 cm³/mol. The number of nitrogens with zero attached hydrogens (tertiary/aromatic N) is 2. The van der Waals surface area contributed by atoms with Gasteiger partial charge in [-0.05, 0) is 30.9 Å². The number of carbonyl (C=O) groups is 1. The molecule has 0 atom stereocenters. The first-order valence-electron chi connectivity index (χ1n) is 6.64. The highest BCUT2D eigenvalue weighted by atomic mass is 32.2. The van der Waals surface area contributed by atoms with Gasteiger partial charge in [-0.3, -0.25) is 0 Å². The van der Waals surface area contributed by atoms with Gasteiger partial charge in [0.1, 0.15) is 0 Å². The average molecular weight is 298 g/mol. The van der Waals surface area contributed by atoms with Crippen LogP contribution in [-0.2, 0) is 10.0 Å². The maximum Gasteiger partial charge on any atom is 0.337 e. The monoisotopic (exact) mass is 298 g/mol. The summed E-state index contributed by atoms with van der Waals surface area (Å²) in [6.07, 6.45) is 4.37. The maximum atomic E-state index is 12.4. The Bertz CT molecular complexity index is 579. The minimum atomic E-state index is -3.64. The summed E-state index contributed by atoms with van der Waals surface area (Å²) in [5.74, 6) is -0.689. The minimum absolute atomic E-state index is 0.0222. The average Bonchev–Trinajstić information content (AvgIpc) is 2.37. The van der Waals surface area contributed by atoms with Crippen molar-refractivity contribution in [2.24, 2.45) is 5.92 Å². The summed E-state index contributed by atoms with van der Waals surface area (Å²) in [6.45, 7) is 2.70. The van der Waals surface area contributed by atoms with Crippen LogP contribution < -0.4 is 0 Å². The Morgan fingerprint density at radius 2 is 2.15 bits per heavy atom. The number of rotatable bonds is 6. The Balaban J connectivity index is 2.20. The molecule has 1 aromatic rings. The Morgan fingerprint density at radius 3 is 2.55 bits per heavy atom. The van der Waals surface area contributed by atoms with Gasteiger partial charge >= 0.3 is 5.97 Å². The van der Waals surface area contributed by atoms with E-state index in [0.29, 0.717) is 19.0 Å². The molecule has 0 saturated heterocycles. The fourth-order valence-corrected chi connectivity index (χ4v) is 3.59. The molecular weight excluding hydrogens is 280 g/mol. The van der Waals surface area contributed by atoms with Crippen molar-refractivity contribution in [3.63, 3.8) is 0 Å². The van der Waals surface area contributed by atoms with Gasteiger partial charge in [-0.25, -0.2) is 18.2 Å². The van der Waals surface area contributed by atoms with Gasteiger partial charge in [0.05, 0.1) is 5.56 Å². The third kappa shape index (κ3) is 2.99. The number of aromatic nitrogens is 1. The summed E-state index contributed by atoms with van der Waals surface area (Å²) >= 11 is 0. The molecule has 1 aliphatic carbocycles. The van der Waals surface area contributed by atoms with E-state index in [1.165, 1.54) is 16.4 Å². The quantitative estimate of drug-likeness (QED) is 0.861. The van der Waals surface area contributed by atoms with Crippen LogP contribution in [0.5, 0.6) is 0 Å². The second kappa shape index (κ2) is 5.88. The highest BCUT2D eigenvalue weighted by molar-refractivity contribution is 7.89. The molecule has 0 aliphatic heterocycles. The van der Waals surface area contributed by atoms with E-state index >= 15 is 0 Å². The number of carboxylic acids is 1. The van der Waals surface area contributed by atoms with E-state index in [9.17, 15) is 13.2 Å². The molecule has 1 heterocycles. The van der Waals surface area contributed by atoms with Crippen LogP contribution >= 0.6 is 0 Å². The first kappa shape index (κ1) is 14.9. The molecule has 0 aromatic carbocycles. The molecule has 0 amide bonds. The lowest BCUT2D eigenvalue weighted by Gasteiger charge is -2.30.